The summed E-state index contributed by atoms with van der Waals surface area (Å²) < 4.78 is 15.2. The zero-order chi connectivity index (χ0) is 26.1. The quantitative estimate of drug-likeness (QED) is 0.304. The first-order valence-electron chi connectivity index (χ1n) is 12.8. The first-order chi connectivity index (χ1) is 18.6. The summed E-state index contributed by atoms with van der Waals surface area (Å²) in [5, 5.41) is 8.63. The number of imidazole rings is 1. The van der Waals surface area contributed by atoms with Gasteiger partial charge in [-0.15, -0.1) is 5.10 Å². The van der Waals surface area contributed by atoms with Gasteiger partial charge in [-0.3, -0.25) is 0 Å². The largest absolute Gasteiger partial charge is 0.492 e. The second-order valence-corrected chi connectivity index (χ2v) is 9.56. The van der Waals surface area contributed by atoms with Crippen molar-refractivity contribution in [1.29, 1.82) is 0 Å². The van der Waals surface area contributed by atoms with Crippen molar-refractivity contribution in [3.05, 3.63) is 73.2 Å². The van der Waals surface area contributed by atoms with Gasteiger partial charge in [0.15, 0.2) is 11.6 Å². The van der Waals surface area contributed by atoms with Gasteiger partial charge in [0.1, 0.15) is 17.9 Å². The van der Waals surface area contributed by atoms with Crippen LogP contribution >= 0.6 is 0 Å². The molecule has 1 fully saturated rings. The number of anilines is 1. The van der Waals surface area contributed by atoms with E-state index < -0.39 is 0 Å². The molecule has 0 spiro atoms. The van der Waals surface area contributed by atoms with Crippen molar-refractivity contribution < 1.29 is 9.47 Å². The van der Waals surface area contributed by atoms with Crippen molar-refractivity contribution in [2.24, 2.45) is 12.8 Å². The topological polar surface area (TPSA) is 105 Å². The molecule has 0 bridgehead atoms. The van der Waals surface area contributed by atoms with Crippen LogP contribution in [-0.2, 0) is 11.8 Å². The molecule has 0 unspecified atom stereocenters. The van der Waals surface area contributed by atoms with Crippen LogP contribution in [0.1, 0.15) is 12.8 Å². The van der Waals surface area contributed by atoms with E-state index in [0.29, 0.717) is 24.8 Å². The number of nitrogens with one attached hydrogen (secondary N) is 1. The van der Waals surface area contributed by atoms with Gasteiger partial charge < -0.3 is 25.1 Å². The van der Waals surface area contributed by atoms with Gasteiger partial charge in [-0.05, 0) is 36.1 Å². The lowest BCUT2D eigenvalue weighted by molar-refractivity contribution is 0.0328. The Balaban J connectivity index is 1.57. The molecule has 0 amide bonds. The number of nitrogens with two attached hydrogens (primary N) is 1. The molecule has 0 aliphatic heterocycles. The molecule has 3 heterocycles. The molecule has 3 N–H and O–H groups in total. The number of methoxy groups -OCH3 is 1. The number of hydrogen-bond donors (Lipinski definition) is 2. The highest BCUT2D eigenvalue weighted by atomic mass is 16.5. The molecule has 0 radical (unpaired) electrons. The average Bonchev–Trinajstić information content (AvgIpc) is 3.53. The second kappa shape index (κ2) is 10.3. The van der Waals surface area contributed by atoms with Crippen LogP contribution in [0.4, 0.5) is 5.82 Å². The Bertz CT molecular complexity index is 1550. The molecular weight excluding hydrogens is 478 g/mol. The number of benzene rings is 2. The number of nitrogens with zero attached hydrogens (tertiary/aromatic N) is 5. The minimum absolute atomic E-state index is 0.267. The Hall–Kier alpha value is -4.21. The molecule has 194 valence electrons. The standard InChI is InChI=1S/C29H31N7O2/c1-35-13-12-31-29(35)28-33-27(32-21-16-23(17-21)37-2)26-25(19-7-4-3-5-8-19)24(18-36(26)34-28)20-9-6-10-22(15-20)38-14-11-30/h3-10,12-13,15,18,21,23H,11,14,16-17,30H2,1-2H3,(H,32,33,34)/t21-,23-. The number of aryl methyl sites for hydroxylation is 1. The summed E-state index contributed by atoms with van der Waals surface area (Å²) in [7, 11) is 3.71. The van der Waals surface area contributed by atoms with Crippen molar-refractivity contribution >= 4 is 11.3 Å². The molecule has 1 aliphatic rings. The molecule has 2 aromatic carbocycles. The van der Waals surface area contributed by atoms with Gasteiger partial charge in [0.2, 0.25) is 5.82 Å². The Morgan fingerprint density at radius 1 is 1.08 bits per heavy atom. The zero-order valence-electron chi connectivity index (χ0n) is 21.5. The number of ether oxygens (including phenoxy) is 2. The minimum atomic E-state index is 0.267. The lowest BCUT2D eigenvalue weighted by Gasteiger charge is -2.35. The van der Waals surface area contributed by atoms with Crippen LogP contribution in [-0.4, -0.2) is 56.6 Å². The Morgan fingerprint density at radius 2 is 1.89 bits per heavy atom. The van der Waals surface area contributed by atoms with Crippen LogP contribution in [0, 0.1) is 0 Å². The number of hydrogen-bond acceptors (Lipinski definition) is 7. The minimum Gasteiger partial charge on any atom is -0.492 e. The van der Waals surface area contributed by atoms with Crippen molar-refractivity contribution in [2.75, 3.05) is 25.6 Å². The van der Waals surface area contributed by atoms with Gasteiger partial charge >= 0.3 is 0 Å². The van der Waals surface area contributed by atoms with E-state index in [9.17, 15) is 0 Å². The summed E-state index contributed by atoms with van der Waals surface area (Å²) >= 11 is 0. The molecule has 0 atom stereocenters. The highest BCUT2D eigenvalue weighted by Crippen LogP contribution is 2.41. The molecule has 3 aromatic heterocycles. The number of aromatic nitrogens is 5. The second-order valence-electron chi connectivity index (χ2n) is 9.56. The number of fused-ring (bicyclic) bond motifs is 1. The molecule has 1 saturated carbocycles. The first kappa shape index (κ1) is 24.1. The summed E-state index contributed by atoms with van der Waals surface area (Å²) in [5.74, 6) is 2.81. The first-order valence-corrected chi connectivity index (χ1v) is 12.8. The predicted octanol–water partition coefficient (Wildman–Crippen LogP) is 4.39. The fraction of sp³-hybridized carbons (Fsp3) is 0.276. The van der Waals surface area contributed by atoms with Gasteiger partial charge in [-0.25, -0.2) is 14.5 Å². The maximum Gasteiger partial charge on any atom is 0.218 e. The average molecular weight is 510 g/mol. The molecule has 9 heteroatoms. The summed E-state index contributed by atoms with van der Waals surface area (Å²) in [5.41, 5.74) is 10.8. The van der Waals surface area contributed by atoms with E-state index in [2.05, 4.69) is 46.8 Å². The molecule has 0 saturated heterocycles. The Labute approximate surface area is 221 Å². The summed E-state index contributed by atoms with van der Waals surface area (Å²) in [6, 6.07) is 18.7. The van der Waals surface area contributed by atoms with E-state index in [4.69, 9.17) is 25.3 Å². The van der Waals surface area contributed by atoms with E-state index >= 15 is 0 Å². The zero-order valence-corrected chi connectivity index (χ0v) is 21.5. The van der Waals surface area contributed by atoms with Crippen molar-refractivity contribution in [3.8, 4) is 39.7 Å². The maximum absolute atomic E-state index is 5.84. The van der Waals surface area contributed by atoms with Crippen LogP contribution in [0.3, 0.4) is 0 Å². The molecule has 6 rings (SSSR count). The highest BCUT2D eigenvalue weighted by molar-refractivity contribution is 5.99. The van der Waals surface area contributed by atoms with Crippen LogP contribution < -0.4 is 15.8 Å². The van der Waals surface area contributed by atoms with Crippen LogP contribution in [0.2, 0.25) is 0 Å². The van der Waals surface area contributed by atoms with Gasteiger partial charge in [0.25, 0.3) is 0 Å². The Kier molecular flexibility index (Phi) is 6.53. The molecular formula is C29H31N7O2. The van der Waals surface area contributed by atoms with E-state index in [1.54, 1.807) is 13.3 Å². The van der Waals surface area contributed by atoms with E-state index in [0.717, 1.165) is 52.2 Å². The number of rotatable bonds is 9. The fourth-order valence-corrected chi connectivity index (χ4v) is 4.97. The maximum atomic E-state index is 5.84. The van der Waals surface area contributed by atoms with Crippen LogP contribution in [0.25, 0.3) is 39.4 Å². The SMILES string of the molecule is CO[C@H]1C[C@H](Nc2nc(-c3nccn3C)nn3cc(-c4cccc(OCCN)c4)c(-c4ccccc4)c23)C1. The van der Waals surface area contributed by atoms with Crippen molar-refractivity contribution in [1.82, 2.24) is 24.1 Å². The summed E-state index contributed by atoms with van der Waals surface area (Å²) in [6.07, 6.45) is 7.85. The summed E-state index contributed by atoms with van der Waals surface area (Å²) in [4.78, 5) is 9.53. The van der Waals surface area contributed by atoms with Crippen LogP contribution in [0.15, 0.2) is 73.2 Å². The molecule has 5 aromatic rings. The molecule has 9 nitrogen and oxygen atoms in total. The smallest absolute Gasteiger partial charge is 0.218 e. The van der Waals surface area contributed by atoms with E-state index in [-0.39, 0.29) is 12.1 Å². The van der Waals surface area contributed by atoms with E-state index in [1.807, 2.05) is 46.6 Å². The third kappa shape index (κ3) is 4.51. The van der Waals surface area contributed by atoms with E-state index in [1.165, 1.54) is 0 Å². The van der Waals surface area contributed by atoms with Crippen molar-refractivity contribution in [2.45, 2.75) is 25.0 Å². The van der Waals surface area contributed by atoms with Crippen molar-refractivity contribution in [3.63, 3.8) is 0 Å². The van der Waals surface area contributed by atoms with Gasteiger partial charge in [0, 0.05) is 56.5 Å². The van der Waals surface area contributed by atoms with Crippen LogP contribution in [0.5, 0.6) is 5.75 Å². The normalized spacial score (nSPS) is 16.9. The predicted molar refractivity (Wildman–Crippen MR) is 148 cm³/mol. The third-order valence-corrected chi connectivity index (χ3v) is 7.02. The lowest BCUT2D eigenvalue weighted by atomic mass is 9.89. The Morgan fingerprint density at radius 3 is 2.63 bits per heavy atom. The highest BCUT2D eigenvalue weighted by Gasteiger charge is 2.31. The van der Waals surface area contributed by atoms with Gasteiger partial charge in [-0.1, -0.05) is 42.5 Å². The molecule has 1 aliphatic carbocycles. The summed E-state index contributed by atoms with van der Waals surface area (Å²) in [6.45, 7) is 0.921. The lowest BCUT2D eigenvalue weighted by Crippen LogP contribution is -2.40. The fourth-order valence-electron chi connectivity index (χ4n) is 4.97. The third-order valence-electron chi connectivity index (χ3n) is 7.02. The van der Waals surface area contributed by atoms with Gasteiger partial charge in [0.05, 0.1) is 6.10 Å². The monoisotopic (exact) mass is 509 g/mol. The van der Waals surface area contributed by atoms with Gasteiger partial charge in [-0.2, -0.15) is 0 Å². The molecule has 38 heavy (non-hydrogen) atoms.